The number of nitrogens with zero attached hydrogens (tertiary/aromatic N) is 2. The lowest BCUT2D eigenvalue weighted by Crippen LogP contribution is -2.57. The standard InChI is InChI=1S/C31H33ClN2O2S/c1-3-5-12-27(11-4-2)31-24-33(21-22-34(31)37(35,36)28-13-7-6-8-14-28)23-25-17-19-26(20-18-25)29-15-9-10-16-30(29)32/h3-10,12-20,27,31H,1-2,11,21-24H2. The minimum absolute atomic E-state index is 0.0145. The van der Waals surface area contributed by atoms with Crippen molar-refractivity contribution in [2.24, 2.45) is 5.92 Å². The van der Waals surface area contributed by atoms with Gasteiger partial charge in [0.2, 0.25) is 10.0 Å². The van der Waals surface area contributed by atoms with Crippen LogP contribution in [-0.4, -0.2) is 43.3 Å². The van der Waals surface area contributed by atoms with Crippen molar-refractivity contribution in [2.45, 2.75) is 23.9 Å². The van der Waals surface area contributed by atoms with Crippen LogP contribution < -0.4 is 0 Å². The third kappa shape index (κ3) is 6.49. The second kappa shape index (κ2) is 12.5. The summed E-state index contributed by atoms with van der Waals surface area (Å²) in [5.41, 5.74) is 3.26. The van der Waals surface area contributed by atoms with Crippen LogP contribution >= 0.6 is 11.6 Å². The number of hydrogen-bond acceptors (Lipinski definition) is 3. The molecular formula is C31H33ClN2O2S. The molecule has 4 rings (SSSR count). The van der Waals surface area contributed by atoms with E-state index in [1.165, 1.54) is 5.56 Å². The molecule has 2 unspecified atom stereocenters. The lowest BCUT2D eigenvalue weighted by Gasteiger charge is -2.43. The van der Waals surface area contributed by atoms with Crippen molar-refractivity contribution in [2.75, 3.05) is 19.6 Å². The predicted molar refractivity (Wildman–Crippen MR) is 154 cm³/mol. The third-order valence-electron chi connectivity index (χ3n) is 6.77. The molecule has 0 radical (unpaired) electrons. The number of allylic oxidation sites excluding steroid dienone is 3. The van der Waals surface area contributed by atoms with E-state index in [-0.39, 0.29) is 12.0 Å². The first-order valence-corrected chi connectivity index (χ1v) is 14.3. The topological polar surface area (TPSA) is 40.6 Å². The van der Waals surface area contributed by atoms with Gasteiger partial charge >= 0.3 is 0 Å². The molecular weight excluding hydrogens is 500 g/mol. The number of piperazine rings is 1. The van der Waals surface area contributed by atoms with E-state index in [1.807, 2.05) is 42.5 Å². The van der Waals surface area contributed by atoms with Gasteiger partial charge in [-0.3, -0.25) is 4.90 Å². The molecule has 0 aliphatic carbocycles. The Balaban J connectivity index is 1.57. The highest BCUT2D eigenvalue weighted by Crippen LogP contribution is 2.30. The van der Waals surface area contributed by atoms with E-state index >= 15 is 0 Å². The van der Waals surface area contributed by atoms with E-state index in [0.29, 0.717) is 31.0 Å². The quantitative estimate of drug-likeness (QED) is 0.212. The summed E-state index contributed by atoms with van der Waals surface area (Å²) >= 11 is 6.38. The zero-order valence-corrected chi connectivity index (χ0v) is 22.5. The Morgan fingerprint density at radius 1 is 0.946 bits per heavy atom. The van der Waals surface area contributed by atoms with E-state index < -0.39 is 10.0 Å². The molecule has 0 aromatic heterocycles. The lowest BCUT2D eigenvalue weighted by atomic mass is 9.93. The molecule has 1 saturated heterocycles. The SMILES string of the molecule is C=CC=CC(CC=C)C1CN(Cc2ccc(-c3ccccc3Cl)cc2)CCN1S(=O)(=O)c1ccccc1. The summed E-state index contributed by atoms with van der Waals surface area (Å²) in [4.78, 5) is 2.66. The first-order chi connectivity index (χ1) is 17.9. The normalized spacial score (nSPS) is 18.0. The van der Waals surface area contributed by atoms with E-state index in [2.05, 4.69) is 48.4 Å². The molecule has 0 saturated carbocycles. The van der Waals surface area contributed by atoms with Gasteiger partial charge in [0.15, 0.2) is 0 Å². The highest BCUT2D eigenvalue weighted by atomic mass is 35.5. The van der Waals surface area contributed by atoms with Crippen molar-refractivity contribution < 1.29 is 8.42 Å². The van der Waals surface area contributed by atoms with Crippen molar-refractivity contribution in [1.29, 1.82) is 0 Å². The summed E-state index contributed by atoms with van der Waals surface area (Å²) in [6.45, 7) is 10.2. The van der Waals surface area contributed by atoms with Crippen LogP contribution in [0.5, 0.6) is 0 Å². The largest absolute Gasteiger partial charge is 0.296 e. The second-order valence-electron chi connectivity index (χ2n) is 9.22. The minimum Gasteiger partial charge on any atom is -0.296 e. The maximum Gasteiger partial charge on any atom is 0.243 e. The maximum atomic E-state index is 13.7. The molecule has 2 atom stereocenters. The van der Waals surface area contributed by atoms with Crippen LogP contribution in [0.15, 0.2) is 121 Å². The zero-order chi connectivity index (χ0) is 26.3. The molecule has 6 heteroatoms. The highest BCUT2D eigenvalue weighted by Gasteiger charge is 2.39. The molecule has 0 N–H and O–H groups in total. The fourth-order valence-corrected chi connectivity index (χ4v) is 6.81. The molecule has 3 aromatic carbocycles. The molecule has 1 fully saturated rings. The van der Waals surface area contributed by atoms with E-state index in [0.717, 1.165) is 22.7 Å². The fourth-order valence-electron chi connectivity index (χ4n) is 4.89. The number of hydrogen-bond donors (Lipinski definition) is 0. The summed E-state index contributed by atoms with van der Waals surface area (Å²) in [6.07, 6.45) is 8.21. The molecule has 37 heavy (non-hydrogen) atoms. The second-order valence-corrected chi connectivity index (χ2v) is 11.5. The van der Waals surface area contributed by atoms with Gasteiger partial charge < -0.3 is 0 Å². The Kier molecular flexibility index (Phi) is 9.17. The molecule has 1 heterocycles. The molecule has 192 valence electrons. The van der Waals surface area contributed by atoms with Crippen LogP contribution in [0.25, 0.3) is 11.1 Å². The van der Waals surface area contributed by atoms with Crippen molar-refractivity contribution in [3.05, 3.63) is 127 Å². The van der Waals surface area contributed by atoms with Gasteiger partial charge in [-0.2, -0.15) is 4.31 Å². The minimum atomic E-state index is -3.64. The van der Waals surface area contributed by atoms with Gasteiger partial charge in [0.1, 0.15) is 0 Å². The Bertz CT molecular complexity index is 1340. The Labute approximate surface area is 226 Å². The smallest absolute Gasteiger partial charge is 0.243 e. The van der Waals surface area contributed by atoms with Crippen LogP contribution in [0, 0.1) is 5.92 Å². The lowest BCUT2D eigenvalue weighted by molar-refractivity contribution is 0.106. The summed E-state index contributed by atoms with van der Waals surface area (Å²) in [5.74, 6) is -0.0145. The number of sulfonamides is 1. The maximum absolute atomic E-state index is 13.7. The highest BCUT2D eigenvalue weighted by molar-refractivity contribution is 7.89. The monoisotopic (exact) mass is 532 g/mol. The molecule has 0 amide bonds. The van der Waals surface area contributed by atoms with Gasteiger partial charge in [-0.1, -0.05) is 103 Å². The van der Waals surface area contributed by atoms with E-state index in [1.54, 1.807) is 34.6 Å². The van der Waals surface area contributed by atoms with Gasteiger partial charge in [-0.05, 0) is 41.7 Å². The first kappa shape index (κ1) is 27.1. The molecule has 1 aliphatic heterocycles. The van der Waals surface area contributed by atoms with Gasteiger partial charge in [-0.25, -0.2) is 8.42 Å². The average molecular weight is 533 g/mol. The zero-order valence-electron chi connectivity index (χ0n) is 20.9. The van der Waals surface area contributed by atoms with Crippen molar-refractivity contribution >= 4 is 21.6 Å². The van der Waals surface area contributed by atoms with Crippen LogP contribution in [0.2, 0.25) is 5.02 Å². The van der Waals surface area contributed by atoms with Crippen molar-refractivity contribution in [3.63, 3.8) is 0 Å². The van der Waals surface area contributed by atoms with Gasteiger partial charge in [0, 0.05) is 42.8 Å². The first-order valence-electron chi connectivity index (χ1n) is 12.5. The summed E-state index contributed by atoms with van der Waals surface area (Å²) < 4.78 is 29.0. The molecule has 4 nitrogen and oxygen atoms in total. The van der Waals surface area contributed by atoms with Crippen LogP contribution in [0.4, 0.5) is 0 Å². The molecule has 0 spiro atoms. The van der Waals surface area contributed by atoms with E-state index in [4.69, 9.17) is 11.6 Å². The van der Waals surface area contributed by atoms with Crippen LogP contribution in [0.3, 0.4) is 0 Å². The third-order valence-corrected chi connectivity index (χ3v) is 9.04. The van der Waals surface area contributed by atoms with Crippen LogP contribution in [0.1, 0.15) is 12.0 Å². The Morgan fingerprint density at radius 3 is 2.32 bits per heavy atom. The van der Waals surface area contributed by atoms with Crippen molar-refractivity contribution in [1.82, 2.24) is 9.21 Å². The van der Waals surface area contributed by atoms with Crippen molar-refractivity contribution in [3.8, 4) is 11.1 Å². The number of benzene rings is 3. The number of halogens is 1. The van der Waals surface area contributed by atoms with Crippen LogP contribution in [-0.2, 0) is 16.6 Å². The van der Waals surface area contributed by atoms with Gasteiger partial charge in [-0.15, -0.1) is 6.58 Å². The summed E-state index contributed by atoms with van der Waals surface area (Å²) in [5, 5.41) is 0.731. The number of rotatable bonds is 10. The summed E-state index contributed by atoms with van der Waals surface area (Å²) in [7, 11) is -3.64. The Morgan fingerprint density at radius 2 is 1.65 bits per heavy atom. The van der Waals surface area contributed by atoms with E-state index in [9.17, 15) is 8.42 Å². The average Bonchev–Trinajstić information content (AvgIpc) is 2.92. The predicted octanol–water partition coefficient (Wildman–Crippen LogP) is 6.82. The van der Waals surface area contributed by atoms with Gasteiger partial charge in [0.25, 0.3) is 0 Å². The Hall–Kier alpha value is -2.96. The molecule has 0 bridgehead atoms. The summed E-state index contributed by atoms with van der Waals surface area (Å²) in [6, 6.07) is 24.7. The molecule has 1 aliphatic rings. The fraction of sp³-hybridized carbons (Fsp3) is 0.226. The molecule has 3 aromatic rings. The van der Waals surface area contributed by atoms with Gasteiger partial charge in [0.05, 0.1) is 4.90 Å².